The van der Waals surface area contributed by atoms with Gasteiger partial charge in [-0.25, -0.2) is 4.98 Å². The summed E-state index contributed by atoms with van der Waals surface area (Å²) in [6.45, 7) is 2.03. The highest BCUT2D eigenvalue weighted by molar-refractivity contribution is 7.07. The van der Waals surface area contributed by atoms with Crippen LogP contribution in [0.4, 0.5) is 0 Å². The van der Waals surface area contributed by atoms with Crippen molar-refractivity contribution in [2.75, 3.05) is 0 Å². The number of aromatic nitrogens is 3. The second kappa shape index (κ2) is 4.50. The molecule has 2 aromatic rings. The second-order valence-corrected chi connectivity index (χ2v) is 3.98. The lowest BCUT2D eigenvalue weighted by molar-refractivity contribution is 0.418. The zero-order valence-electron chi connectivity index (χ0n) is 8.38. The summed E-state index contributed by atoms with van der Waals surface area (Å²) in [4.78, 5) is 8.32. The first-order valence-corrected chi connectivity index (χ1v) is 5.70. The van der Waals surface area contributed by atoms with E-state index in [-0.39, 0.29) is 6.04 Å². The molecule has 5 nitrogen and oxygen atoms in total. The van der Waals surface area contributed by atoms with E-state index < -0.39 is 0 Å². The first kappa shape index (κ1) is 10.3. The predicted molar refractivity (Wildman–Crippen MR) is 57.4 cm³/mol. The largest absolute Gasteiger partial charge is 0.332 e. The van der Waals surface area contributed by atoms with Gasteiger partial charge in [0.1, 0.15) is 5.69 Å². The Labute approximate surface area is 91.3 Å². The van der Waals surface area contributed by atoms with E-state index in [4.69, 9.17) is 10.3 Å². The lowest BCUT2D eigenvalue weighted by atomic mass is 10.2. The molecule has 0 aliphatic rings. The van der Waals surface area contributed by atoms with Gasteiger partial charge in [-0.2, -0.15) is 4.98 Å². The summed E-state index contributed by atoms with van der Waals surface area (Å²) in [5.41, 5.74) is 8.26. The molecule has 0 aliphatic carbocycles. The third kappa shape index (κ3) is 2.40. The minimum Gasteiger partial charge on any atom is -0.332 e. The molecule has 0 saturated carbocycles. The molecule has 1 unspecified atom stereocenters. The number of rotatable bonds is 4. The molecule has 0 radical (unpaired) electrons. The molecule has 0 aromatic carbocycles. The molecule has 2 aromatic heterocycles. The molecule has 2 N–H and O–H groups in total. The summed E-state index contributed by atoms with van der Waals surface area (Å²) >= 11 is 1.50. The van der Waals surface area contributed by atoms with Crippen LogP contribution in [0.5, 0.6) is 0 Å². The molecular weight excluding hydrogens is 212 g/mol. The molecule has 0 saturated heterocycles. The minimum absolute atomic E-state index is 0.0888. The Morgan fingerprint density at radius 2 is 2.47 bits per heavy atom. The van der Waals surface area contributed by atoms with Gasteiger partial charge >= 0.3 is 0 Å². The molecule has 6 heteroatoms. The van der Waals surface area contributed by atoms with Crippen LogP contribution in [0.2, 0.25) is 0 Å². The fourth-order valence-electron chi connectivity index (χ4n) is 1.14. The Bertz CT molecular complexity index is 411. The first-order valence-electron chi connectivity index (χ1n) is 4.76. The summed E-state index contributed by atoms with van der Waals surface area (Å²) in [5.74, 6) is 1.11. The first-order chi connectivity index (χ1) is 7.29. The van der Waals surface area contributed by atoms with E-state index in [0.29, 0.717) is 18.1 Å². The fraction of sp³-hybridized carbons (Fsp3) is 0.444. The van der Waals surface area contributed by atoms with E-state index in [9.17, 15) is 0 Å². The van der Waals surface area contributed by atoms with Crippen molar-refractivity contribution in [3.63, 3.8) is 0 Å². The molecule has 1 atom stereocenters. The molecule has 0 amide bonds. The normalized spacial score (nSPS) is 12.9. The second-order valence-electron chi connectivity index (χ2n) is 3.26. The number of nitrogens with zero attached hydrogens (tertiary/aromatic N) is 3. The molecule has 2 rings (SSSR count). The highest BCUT2D eigenvalue weighted by Crippen LogP contribution is 2.16. The van der Waals surface area contributed by atoms with Gasteiger partial charge in [-0.3, -0.25) is 0 Å². The molecule has 80 valence electrons. The highest BCUT2D eigenvalue weighted by Gasteiger charge is 2.12. The predicted octanol–water partition coefficient (Wildman–Crippen LogP) is 1.47. The summed E-state index contributed by atoms with van der Waals surface area (Å²) < 4.78 is 5.08. The van der Waals surface area contributed by atoms with Crippen molar-refractivity contribution in [2.45, 2.75) is 25.8 Å². The zero-order chi connectivity index (χ0) is 10.7. The number of nitrogens with two attached hydrogens (primary N) is 1. The maximum atomic E-state index is 5.80. The van der Waals surface area contributed by atoms with Gasteiger partial charge in [-0.15, -0.1) is 11.3 Å². The van der Waals surface area contributed by atoms with Crippen LogP contribution in [0.3, 0.4) is 0 Å². The van der Waals surface area contributed by atoms with Gasteiger partial charge < -0.3 is 10.3 Å². The summed E-state index contributed by atoms with van der Waals surface area (Å²) in [5, 5.41) is 5.73. The van der Waals surface area contributed by atoms with Crippen molar-refractivity contribution in [3.8, 4) is 11.6 Å². The van der Waals surface area contributed by atoms with Gasteiger partial charge in [-0.05, 0) is 6.42 Å². The van der Waals surface area contributed by atoms with E-state index in [2.05, 4.69) is 15.1 Å². The van der Waals surface area contributed by atoms with Gasteiger partial charge in [0.25, 0.3) is 5.89 Å². The highest BCUT2D eigenvalue weighted by atomic mass is 32.1. The van der Waals surface area contributed by atoms with E-state index in [0.717, 1.165) is 12.1 Å². The Hall–Kier alpha value is -1.27. The van der Waals surface area contributed by atoms with Crippen LogP contribution < -0.4 is 5.73 Å². The van der Waals surface area contributed by atoms with Crippen LogP contribution in [0.15, 0.2) is 15.4 Å². The Kier molecular flexibility index (Phi) is 3.08. The third-order valence-corrected chi connectivity index (χ3v) is 2.68. The fourth-order valence-corrected chi connectivity index (χ4v) is 1.66. The zero-order valence-corrected chi connectivity index (χ0v) is 9.20. The van der Waals surface area contributed by atoms with Crippen molar-refractivity contribution in [3.05, 3.63) is 16.7 Å². The van der Waals surface area contributed by atoms with Crippen LogP contribution in [0.1, 0.15) is 19.2 Å². The van der Waals surface area contributed by atoms with Crippen LogP contribution in [-0.2, 0) is 6.42 Å². The van der Waals surface area contributed by atoms with Crippen LogP contribution >= 0.6 is 11.3 Å². The smallest absolute Gasteiger partial charge is 0.277 e. The monoisotopic (exact) mass is 224 g/mol. The van der Waals surface area contributed by atoms with Crippen LogP contribution in [0.25, 0.3) is 11.6 Å². The molecule has 0 bridgehead atoms. The van der Waals surface area contributed by atoms with Gasteiger partial charge in [0.2, 0.25) is 0 Å². The molecule has 15 heavy (non-hydrogen) atoms. The lowest BCUT2D eigenvalue weighted by Crippen LogP contribution is -2.21. The van der Waals surface area contributed by atoms with E-state index in [1.807, 2.05) is 12.3 Å². The maximum absolute atomic E-state index is 5.80. The molecule has 0 spiro atoms. The van der Waals surface area contributed by atoms with Gasteiger partial charge in [0.15, 0.2) is 5.82 Å². The quantitative estimate of drug-likeness (QED) is 0.850. The van der Waals surface area contributed by atoms with E-state index in [1.165, 1.54) is 11.3 Å². The maximum Gasteiger partial charge on any atom is 0.277 e. The molecular formula is C9H12N4OS. The summed E-state index contributed by atoms with van der Waals surface area (Å²) in [6, 6.07) is 0.0888. The SMILES string of the molecule is CCC(N)Cc1noc(-c2cscn2)n1. The van der Waals surface area contributed by atoms with Crippen molar-refractivity contribution in [2.24, 2.45) is 5.73 Å². The van der Waals surface area contributed by atoms with Crippen LogP contribution in [-0.4, -0.2) is 21.2 Å². The van der Waals surface area contributed by atoms with Gasteiger partial charge in [0, 0.05) is 17.8 Å². The molecule has 0 aliphatic heterocycles. The number of thiazole rings is 1. The van der Waals surface area contributed by atoms with Crippen molar-refractivity contribution in [1.29, 1.82) is 0 Å². The Morgan fingerprint density at radius 3 is 3.13 bits per heavy atom. The number of hydrogen-bond donors (Lipinski definition) is 1. The topological polar surface area (TPSA) is 77.8 Å². The van der Waals surface area contributed by atoms with Crippen LogP contribution in [0, 0.1) is 0 Å². The summed E-state index contributed by atoms with van der Waals surface area (Å²) in [6.07, 6.45) is 1.55. The minimum atomic E-state index is 0.0888. The van der Waals surface area contributed by atoms with Crippen molar-refractivity contribution < 1.29 is 4.52 Å². The third-order valence-electron chi connectivity index (χ3n) is 2.09. The van der Waals surface area contributed by atoms with Gasteiger partial charge in [0.05, 0.1) is 5.51 Å². The molecule has 0 fully saturated rings. The van der Waals surface area contributed by atoms with Crippen molar-refractivity contribution in [1.82, 2.24) is 15.1 Å². The van der Waals surface area contributed by atoms with Gasteiger partial charge in [-0.1, -0.05) is 12.1 Å². The molecule has 2 heterocycles. The average molecular weight is 224 g/mol. The van der Waals surface area contributed by atoms with E-state index in [1.54, 1.807) is 5.51 Å². The Balaban J connectivity index is 2.11. The average Bonchev–Trinajstić information content (AvgIpc) is 2.85. The number of hydrogen-bond acceptors (Lipinski definition) is 6. The summed E-state index contributed by atoms with van der Waals surface area (Å²) in [7, 11) is 0. The van der Waals surface area contributed by atoms with E-state index >= 15 is 0 Å². The standard InChI is InChI=1S/C9H12N4OS/c1-2-6(10)3-8-12-9(14-13-8)7-4-15-5-11-7/h4-6H,2-3,10H2,1H3. The van der Waals surface area contributed by atoms with Crippen molar-refractivity contribution >= 4 is 11.3 Å². The Morgan fingerprint density at radius 1 is 1.60 bits per heavy atom. The lowest BCUT2D eigenvalue weighted by Gasteiger charge is -2.02.